The number of ether oxygens (including phenoxy) is 3. The number of hydrogen-bond donors (Lipinski definition) is 1. The molecule has 0 radical (unpaired) electrons. The topological polar surface area (TPSA) is 91.2 Å². The number of carbonyl (C=O) groups excluding carboxylic acids is 2. The summed E-state index contributed by atoms with van der Waals surface area (Å²) in [5, 5.41) is 1.61. The van der Waals surface area contributed by atoms with E-state index < -0.39 is 23.6 Å². The molecule has 0 spiro atoms. The van der Waals surface area contributed by atoms with Crippen LogP contribution in [0.2, 0.25) is 0 Å². The van der Waals surface area contributed by atoms with Crippen molar-refractivity contribution in [2.45, 2.75) is 25.6 Å². The Morgan fingerprint density at radius 1 is 1.29 bits per heavy atom. The molecule has 2 aromatic carbocycles. The highest BCUT2D eigenvalue weighted by atomic mass is 16.6. The predicted molar refractivity (Wildman–Crippen MR) is 88.0 cm³/mol. The number of epoxide rings is 1. The molecule has 1 heterocycles. The van der Waals surface area contributed by atoms with Crippen molar-refractivity contribution in [1.82, 2.24) is 0 Å². The lowest BCUT2D eigenvalue weighted by atomic mass is 10.00. The van der Waals surface area contributed by atoms with Crippen molar-refractivity contribution < 1.29 is 23.8 Å². The molecular weight excluding hydrogens is 310 g/mol. The number of fused-ring (bicyclic) bond motifs is 1. The average Bonchev–Trinajstić information content (AvgIpc) is 3.30. The van der Waals surface area contributed by atoms with Gasteiger partial charge in [0.25, 0.3) is 5.91 Å². The predicted octanol–water partition coefficient (Wildman–Crippen LogP) is 1.96. The van der Waals surface area contributed by atoms with Crippen LogP contribution in [0.15, 0.2) is 30.3 Å². The highest BCUT2D eigenvalue weighted by Crippen LogP contribution is 2.34. The summed E-state index contributed by atoms with van der Waals surface area (Å²) >= 11 is 0. The number of carbonyl (C=O) groups is 2. The van der Waals surface area contributed by atoms with E-state index in [1.54, 1.807) is 13.0 Å². The molecule has 24 heavy (non-hydrogen) atoms. The molecule has 1 fully saturated rings. The van der Waals surface area contributed by atoms with E-state index in [2.05, 4.69) is 0 Å². The molecule has 1 unspecified atom stereocenters. The molecule has 0 aromatic heterocycles. The molecule has 0 bridgehead atoms. The van der Waals surface area contributed by atoms with Gasteiger partial charge in [-0.15, -0.1) is 0 Å². The Bertz CT molecular complexity index is 826. The molecule has 1 amide bonds. The van der Waals surface area contributed by atoms with E-state index in [1.165, 1.54) is 7.11 Å². The van der Waals surface area contributed by atoms with Crippen LogP contribution in [0, 0.1) is 6.92 Å². The maximum absolute atomic E-state index is 12.7. The zero-order valence-electron chi connectivity index (χ0n) is 13.8. The van der Waals surface area contributed by atoms with Gasteiger partial charge in [-0.05, 0) is 42.3 Å². The number of nitrogens with two attached hydrogens (primary N) is 1. The summed E-state index contributed by atoms with van der Waals surface area (Å²) in [4.78, 5) is 24.3. The van der Waals surface area contributed by atoms with Crippen molar-refractivity contribution in [3.8, 4) is 5.75 Å². The number of aryl methyl sites for hydroxylation is 1. The van der Waals surface area contributed by atoms with E-state index in [0.717, 1.165) is 16.3 Å². The number of benzene rings is 2. The molecule has 6 heteroatoms. The highest BCUT2D eigenvalue weighted by molar-refractivity contribution is 6.06. The summed E-state index contributed by atoms with van der Waals surface area (Å²) in [6, 6.07) is 9.09. The molecule has 1 aliphatic heterocycles. The minimum atomic E-state index is -1.13. The summed E-state index contributed by atoms with van der Waals surface area (Å²) in [7, 11) is 1.53. The van der Waals surface area contributed by atoms with Crippen molar-refractivity contribution in [3.63, 3.8) is 0 Å². The number of rotatable bonds is 5. The molecule has 0 saturated carbocycles. The van der Waals surface area contributed by atoms with Gasteiger partial charge in [0, 0.05) is 0 Å². The lowest BCUT2D eigenvalue weighted by molar-refractivity contribution is -0.129. The van der Waals surface area contributed by atoms with Gasteiger partial charge in [0.1, 0.15) is 11.4 Å². The van der Waals surface area contributed by atoms with Crippen molar-refractivity contribution in [2.24, 2.45) is 5.73 Å². The van der Waals surface area contributed by atoms with Gasteiger partial charge in [-0.1, -0.05) is 18.2 Å². The fourth-order valence-corrected chi connectivity index (χ4v) is 2.72. The molecule has 0 aliphatic carbocycles. The number of hydrogen-bond acceptors (Lipinski definition) is 5. The third-order valence-corrected chi connectivity index (χ3v) is 4.28. The molecule has 126 valence electrons. The Labute approximate surface area is 139 Å². The molecule has 3 rings (SSSR count). The summed E-state index contributed by atoms with van der Waals surface area (Å²) in [5.74, 6) is -0.829. The minimum absolute atomic E-state index is 0.323. The monoisotopic (exact) mass is 329 g/mol. The number of esters is 1. The van der Waals surface area contributed by atoms with Gasteiger partial charge in [0.2, 0.25) is 6.10 Å². The third kappa shape index (κ3) is 2.80. The quantitative estimate of drug-likeness (QED) is 0.669. The van der Waals surface area contributed by atoms with E-state index in [4.69, 9.17) is 19.9 Å². The van der Waals surface area contributed by atoms with E-state index in [0.29, 0.717) is 17.9 Å². The van der Waals surface area contributed by atoms with Crippen LogP contribution in [0.1, 0.15) is 22.8 Å². The number of amides is 1. The van der Waals surface area contributed by atoms with Gasteiger partial charge in [-0.25, -0.2) is 4.79 Å². The van der Waals surface area contributed by atoms with E-state index in [9.17, 15) is 9.59 Å². The summed E-state index contributed by atoms with van der Waals surface area (Å²) in [6.07, 6.45) is -1.13. The van der Waals surface area contributed by atoms with Gasteiger partial charge in [0.15, 0.2) is 0 Å². The van der Waals surface area contributed by atoms with Crippen LogP contribution in [0.3, 0.4) is 0 Å². The second kappa shape index (κ2) is 5.79. The Kier molecular flexibility index (Phi) is 3.93. The first-order valence-electron chi connectivity index (χ1n) is 7.57. The van der Waals surface area contributed by atoms with Crippen molar-refractivity contribution in [2.75, 3.05) is 13.7 Å². The first kappa shape index (κ1) is 16.3. The summed E-state index contributed by atoms with van der Waals surface area (Å²) in [6.45, 7) is 3.96. The molecule has 6 nitrogen and oxygen atoms in total. The van der Waals surface area contributed by atoms with Crippen LogP contribution in [-0.4, -0.2) is 37.3 Å². The van der Waals surface area contributed by atoms with Gasteiger partial charge in [-0.2, -0.15) is 0 Å². The van der Waals surface area contributed by atoms with Crippen LogP contribution in [-0.2, 0) is 14.3 Å². The van der Waals surface area contributed by atoms with Crippen LogP contribution in [0.4, 0.5) is 0 Å². The van der Waals surface area contributed by atoms with Crippen molar-refractivity contribution in [3.05, 3.63) is 41.5 Å². The lowest BCUT2D eigenvalue weighted by Crippen LogP contribution is -2.43. The van der Waals surface area contributed by atoms with Crippen LogP contribution in [0.25, 0.3) is 10.8 Å². The third-order valence-electron chi connectivity index (χ3n) is 4.28. The first-order chi connectivity index (χ1) is 11.4. The van der Waals surface area contributed by atoms with Crippen molar-refractivity contribution >= 4 is 22.6 Å². The fraction of sp³-hybridized carbons (Fsp3) is 0.333. The zero-order valence-corrected chi connectivity index (χ0v) is 13.8. The van der Waals surface area contributed by atoms with Crippen LogP contribution >= 0.6 is 0 Å². The SMILES string of the molecule is COc1cc(C(=O)OC(C(N)=O)[C@]2(C)CO2)c2cccc(C)c2c1. The van der Waals surface area contributed by atoms with Gasteiger partial charge in [0.05, 0.1) is 19.3 Å². The number of primary amides is 1. The minimum Gasteiger partial charge on any atom is -0.497 e. The normalized spacial score (nSPS) is 20.5. The van der Waals surface area contributed by atoms with E-state index in [1.807, 2.05) is 31.2 Å². The van der Waals surface area contributed by atoms with Gasteiger partial charge in [-0.3, -0.25) is 4.79 Å². The molecule has 2 aromatic rings. The molecule has 1 aliphatic rings. The molecule has 1 saturated heterocycles. The Balaban J connectivity index is 2.03. The van der Waals surface area contributed by atoms with Gasteiger partial charge < -0.3 is 19.9 Å². The maximum atomic E-state index is 12.7. The van der Waals surface area contributed by atoms with Crippen LogP contribution in [0.5, 0.6) is 5.75 Å². The first-order valence-corrected chi connectivity index (χ1v) is 7.57. The van der Waals surface area contributed by atoms with E-state index >= 15 is 0 Å². The summed E-state index contributed by atoms with van der Waals surface area (Å²) < 4.78 is 15.9. The Morgan fingerprint density at radius 2 is 2.00 bits per heavy atom. The molecule has 2 atom stereocenters. The zero-order chi connectivity index (χ0) is 17.5. The lowest BCUT2D eigenvalue weighted by Gasteiger charge is -2.19. The Morgan fingerprint density at radius 3 is 2.58 bits per heavy atom. The standard InChI is InChI=1S/C18H19NO5/c1-10-5-4-6-12-13(10)7-11(22-3)8-14(12)17(21)24-15(16(19)20)18(2)9-23-18/h4-8,15H,9H2,1-3H3,(H2,19,20)/t15?,18-/m0/s1. The average molecular weight is 329 g/mol. The fourth-order valence-electron chi connectivity index (χ4n) is 2.72. The van der Waals surface area contributed by atoms with Crippen LogP contribution < -0.4 is 10.5 Å². The maximum Gasteiger partial charge on any atom is 0.339 e. The molecular formula is C18H19NO5. The highest BCUT2D eigenvalue weighted by Gasteiger charge is 2.52. The van der Waals surface area contributed by atoms with E-state index in [-0.39, 0.29) is 0 Å². The number of methoxy groups -OCH3 is 1. The van der Waals surface area contributed by atoms with Crippen molar-refractivity contribution in [1.29, 1.82) is 0 Å². The second-order valence-corrected chi connectivity index (χ2v) is 6.13. The second-order valence-electron chi connectivity index (χ2n) is 6.13. The smallest absolute Gasteiger partial charge is 0.339 e. The molecule has 2 N–H and O–H groups in total. The van der Waals surface area contributed by atoms with Gasteiger partial charge >= 0.3 is 5.97 Å². The summed E-state index contributed by atoms with van der Waals surface area (Å²) in [5.41, 5.74) is 5.85. The Hall–Kier alpha value is -2.60. The largest absolute Gasteiger partial charge is 0.497 e.